The van der Waals surface area contributed by atoms with Gasteiger partial charge in [-0.15, -0.1) is 0 Å². The summed E-state index contributed by atoms with van der Waals surface area (Å²) in [7, 11) is 4.64. The summed E-state index contributed by atoms with van der Waals surface area (Å²) in [4.78, 5) is 25.2. The third-order valence-electron chi connectivity index (χ3n) is 4.47. The van der Waals surface area contributed by atoms with Gasteiger partial charge in [-0.1, -0.05) is 12.1 Å². The van der Waals surface area contributed by atoms with E-state index in [2.05, 4.69) is 5.32 Å². The number of methoxy groups -OCH3 is 3. The van der Waals surface area contributed by atoms with E-state index in [0.29, 0.717) is 22.9 Å². The number of rotatable bonds is 8. The molecule has 0 unspecified atom stereocenters. The third kappa shape index (κ3) is 4.02. The first-order valence-corrected chi connectivity index (χ1v) is 8.88. The Morgan fingerprint density at radius 1 is 0.966 bits per heavy atom. The number of nitrogens with zero attached hydrogens (tertiary/aromatic N) is 1. The van der Waals surface area contributed by atoms with E-state index in [1.807, 2.05) is 30.3 Å². The predicted octanol–water partition coefficient (Wildman–Crippen LogP) is 2.04. The second kappa shape index (κ2) is 8.66. The summed E-state index contributed by atoms with van der Waals surface area (Å²) in [6.45, 7) is -0.319. The number of β-amino-alcohol motifs (C(OH)–C–C–N with tert-alkyl or cyclic N) is 1. The lowest BCUT2D eigenvalue weighted by molar-refractivity contribution is -0.137. The van der Waals surface area contributed by atoms with Gasteiger partial charge in [-0.3, -0.25) is 14.5 Å². The molecule has 2 aromatic carbocycles. The van der Waals surface area contributed by atoms with Crippen molar-refractivity contribution in [2.45, 2.75) is 0 Å². The van der Waals surface area contributed by atoms with Gasteiger partial charge in [0.1, 0.15) is 5.70 Å². The number of imide groups is 1. The van der Waals surface area contributed by atoms with Gasteiger partial charge in [0.15, 0.2) is 11.5 Å². The molecule has 2 amide bonds. The number of aliphatic hydroxyl groups is 1. The second-order valence-electron chi connectivity index (χ2n) is 6.20. The lowest BCUT2D eigenvalue weighted by Crippen LogP contribution is -2.34. The minimum absolute atomic E-state index is 0.0369. The zero-order chi connectivity index (χ0) is 21.0. The Balaban J connectivity index is 1.90. The van der Waals surface area contributed by atoms with Crippen molar-refractivity contribution < 1.29 is 28.9 Å². The van der Waals surface area contributed by atoms with Crippen molar-refractivity contribution >= 4 is 17.5 Å². The van der Waals surface area contributed by atoms with E-state index in [1.54, 1.807) is 20.3 Å². The highest BCUT2D eigenvalue weighted by atomic mass is 16.5. The molecule has 1 aliphatic rings. The van der Waals surface area contributed by atoms with Crippen LogP contribution < -0.4 is 19.5 Å². The molecule has 152 valence electrons. The molecule has 29 heavy (non-hydrogen) atoms. The number of carbonyl (C=O) groups is 2. The van der Waals surface area contributed by atoms with Crippen LogP contribution in [0, 0.1) is 0 Å². The smallest absolute Gasteiger partial charge is 0.277 e. The van der Waals surface area contributed by atoms with Gasteiger partial charge in [0.25, 0.3) is 11.8 Å². The van der Waals surface area contributed by atoms with Crippen molar-refractivity contribution in [3.63, 3.8) is 0 Å². The van der Waals surface area contributed by atoms with Gasteiger partial charge in [-0.2, -0.15) is 0 Å². The van der Waals surface area contributed by atoms with Crippen LogP contribution in [0.25, 0.3) is 11.1 Å². The average molecular weight is 398 g/mol. The van der Waals surface area contributed by atoms with Gasteiger partial charge in [0.2, 0.25) is 5.75 Å². The largest absolute Gasteiger partial charge is 0.493 e. The normalized spacial score (nSPS) is 13.4. The molecule has 0 saturated heterocycles. The molecule has 0 bridgehead atoms. The lowest BCUT2D eigenvalue weighted by Gasteiger charge is -2.15. The number of amides is 2. The zero-order valence-corrected chi connectivity index (χ0v) is 16.4. The Labute approximate surface area is 168 Å². The van der Waals surface area contributed by atoms with E-state index < -0.39 is 11.8 Å². The van der Waals surface area contributed by atoms with E-state index in [1.165, 1.54) is 13.2 Å². The highest BCUT2D eigenvalue weighted by Gasteiger charge is 2.30. The Hall–Kier alpha value is -3.52. The number of aliphatic hydroxyl groups excluding tert-OH is 1. The molecule has 8 nitrogen and oxygen atoms in total. The Morgan fingerprint density at radius 3 is 2.24 bits per heavy atom. The van der Waals surface area contributed by atoms with Gasteiger partial charge in [0.05, 0.1) is 34.5 Å². The van der Waals surface area contributed by atoms with Crippen LogP contribution in [0.5, 0.6) is 17.2 Å². The molecule has 8 heteroatoms. The van der Waals surface area contributed by atoms with Gasteiger partial charge in [-0.05, 0) is 35.4 Å². The van der Waals surface area contributed by atoms with Crippen LogP contribution in [-0.2, 0) is 9.59 Å². The van der Waals surface area contributed by atoms with Crippen LogP contribution in [-0.4, -0.2) is 56.3 Å². The summed E-state index contributed by atoms with van der Waals surface area (Å²) in [5.74, 6) is 0.630. The molecular formula is C21H22N2O6. The van der Waals surface area contributed by atoms with Gasteiger partial charge in [-0.25, -0.2) is 0 Å². The van der Waals surface area contributed by atoms with Crippen molar-refractivity contribution in [1.82, 2.24) is 4.90 Å². The summed E-state index contributed by atoms with van der Waals surface area (Å²) in [6, 6.07) is 11.0. The molecule has 1 aliphatic heterocycles. The van der Waals surface area contributed by atoms with E-state index in [0.717, 1.165) is 16.0 Å². The van der Waals surface area contributed by atoms with E-state index >= 15 is 0 Å². The minimum Gasteiger partial charge on any atom is -0.493 e. The number of benzene rings is 2. The zero-order valence-electron chi connectivity index (χ0n) is 16.4. The predicted molar refractivity (Wildman–Crippen MR) is 107 cm³/mol. The highest BCUT2D eigenvalue weighted by Crippen LogP contribution is 2.41. The summed E-state index contributed by atoms with van der Waals surface area (Å²) in [6.07, 6.45) is 1.23. The molecule has 0 radical (unpaired) electrons. The monoisotopic (exact) mass is 398 g/mol. The number of carbonyl (C=O) groups excluding carboxylic acids is 2. The van der Waals surface area contributed by atoms with Gasteiger partial charge in [0, 0.05) is 11.8 Å². The lowest BCUT2D eigenvalue weighted by atomic mass is 10.0. The number of anilines is 1. The Bertz CT molecular complexity index is 944. The molecule has 1 heterocycles. The average Bonchev–Trinajstić information content (AvgIpc) is 3.00. The van der Waals surface area contributed by atoms with Crippen LogP contribution in [0.3, 0.4) is 0 Å². The summed E-state index contributed by atoms with van der Waals surface area (Å²) >= 11 is 0. The Morgan fingerprint density at radius 2 is 1.66 bits per heavy atom. The number of hydrogen-bond acceptors (Lipinski definition) is 7. The summed E-state index contributed by atoms with van der Waals surface area (Å²) < 4.78 is 16.2. The molecule has 0 aromatic heterocycles. The highest BCUT2D eigenvalue weighted by molar-refractivity contribution is 6.17. The summed E-state index contributed by atoms with van der Waals surface area (Å²) in [5.41, 5.74) is 2.46. The quantitative estimate of drug-likeness (QED) is 0.657. The molecular weight excluding hydrogens is 376 g/mol. The fourth-order valence-electron chi connectivity index (χ4n) is 3.09. The maximum absolute atomic E-state index is 12.3. The maximum Gasteiger partial charge on any atom is 0.277 e. The number of nitrogens with one attached hydrogen (secondary N) is 1. The van der Waals surface area contributed by atoms with Crippen molar-refractivity contribution in [2.75, 3.05) is 39.8 Å². The molecule has 0 aliphatic carbocycles. The first-order valence-electron chi connectivity index (χ1n) is 8.88. The SMILES string of the molecule is COc1cc(-c2cccc(NC3=CC(=O)N(CCO)C3=O)c2)cc(OC)c1OC. The summed E-state index contributed by atoms with van der Waals surface area (Å²) in [5, 5.41) is 12.0. The van der Waals surface area contributed by atoms with E-state index in [-0.39, 0.29) is 18.8 Å². The molecule has 0 fully saturated rings. The van der Waals surface area contributed by atoms with Crippen LogP contribution in [0.1, 0.15) is 0 Å². The molecule has 0 saturated carbocycles. The Kier molecular flexibility index (Phi) is 6.04. The molecule has 2 N–H and O–H groups in total. The van der Waals surface area contributed by atoms with Crippen molar-refractivity contribution in [1.29, 1.82) is 0 Å². The van der Waals surface area contributed by atoms with Crippen LogP contribution in [0.4, 0.5) is 5.69 Å². The second-order valence-corrected chi connectivity index (χ2v) is 6.20. The fraction of sp³-hybridized carbons (Fsp3) is 0.238. The maximum atomic E-state index is 12.3. The molecule has 0 spiro atoms. The van der Waals surface area contributed by atoms with Crippen LogP contribution in [0.15, 0.2) is 48.2 Å². The number of ether oxygens (including phenoxy) is 3. The van der Waals surface area contributed by atoms with Crippen molar-refractivity contribution in [2.24, 2.45) is 0 Å². The first kappa shape index (κ1) is 20.2. The molecule has 3 rings (SSSR count). The van der Waals surface area contributed by atoms with Crippen molar-refractivity contribution in [3.8, 4) is 28.4 Å². The van der Waals surface area contributed by atoms with E-state index in [4.69, 9.17) is 19.3 Å². The third-order valence-corrected chi connectivity index (χ3v) is 4.47. The topological polar surface area (TPSA) is 97.3 Å². The molecule has 2 aromatic rings. The number of hydrogen-bond donors (Lipinski definition) is 2. The van der Waals surface area contributed by atoms with Gasteiger partial charge >= 0.3 is 0 Å². The molecule has 0 atom stereocenters. The van der Waals surface area contributed by atoms with Crippen LogP contribution >= 0.6 is 0 Å². The van der Waals surface area contributed by atoms with Gasteiger partial charge < -0.3 is 24.6 Å². The standard InChI is InChI=1S/C21H22N2O6/c1-27-17-10-14(11-18(28-2)20(17)29-3)13-5-4-6-15(9-13)22-16-12-19(25)23(7-8-24)21(16)26/h4-6,9-12,22,24H,7-8H2,1-3H3. The first-order chi connectivity index (χ1) is 14.0. The van der Waals surface area contributed by atoms with Crippen LogP contribution in [0.2, 0.25) is 0 Å². The fourth-order valence-corrected chi connectivity index (χ4v) is 3.09. The minimum atomic E-state index is -0.470. The van der Waals surface area contributed by atoms with Crippen molar-refractivity contribution in [3.05, 3.63) is 48.2 Å². The van der Waals surface area contributed by atoms with E-state index in [9.17, 15) is 9.59 Å².